The van der Waals surface area contributed by atoms with Crippen molar-refractivity contribution in [3.63, 3.8) is 0 Å². The number of fused-ring (bicyclic) bond motifs is 1. The van der Waals surface area contributed by atoms with Gasteiger partial charge in [-0.05, 0) is 67.5 Å². The molecule has 0 bridgehead atoms. The third-order valence-corrected chi connectivity index (χ3v) is 6.34. The summed E-state index contributed by atoms with van der Waals surface area (Å²) in [5.74, 6) is 1.56. The molecular weight excluding hydrogens is 422 g/mol. The molecule has 5 nitrogen and oxygen atoms in total. The average Bonchev–Trinajstić information content (AvgIpc) is 2.87. The lowest BCUT2D eigenvalue weighted by Gasteiger charge is -2.26. The molecular formula is C29H43N3O2. The fourth-order valence-electron chi connectivity index (χ4n) is 4.11. The van der Waals surface area contributed by atoms with Crippen molar-refractivity contribution in [1.29, 1.82) is 0 Å². The molecule has 0 saturated carbocycles. The van der Waals surface area contributed by atoms with Crippen LogP contribution in [-0.2, 0) is 6.42 Å². The molecule has 0 radical (unpaired) electrons. The molecule has 1 aromatic carbocycles. The van der Waals surface area contributed by atoms with Gasteiger partial charge in [0, 0.05) is 30.9 Å². The second kappa shape index (κ2) is 13.2. The molecule has 2 heterocycles. The number of hydrogen-bond acceptors (Lipinski definition) is 4. The molecule has 5 heteroatoms. The van der Waals surface area contributed by atoms with Gasteiger partial charge >= 0.3 is 0 Å². The molecule has 1 unspecified atom stereocenters. The third kappa shape index (κ3) is 6.40. The van der Waals surface area contributed by atoms with Crippen molar-refractivity contribution in [2.24, 2.45) is 5.92 Å². The summed E-state index contributed by atoms with van der Waals surface area (Å²) in [5, 5.41) is 0. The quantitative estimate of drug-likeness (QED) is 0.326. The normalized spacial score (nSPS) is 11.6. The summed E-state index contributed by atoms with van der Waals surface area (Å²) in [6.07, 6.45) is 6.22. The Hall–Kier alpha value is -2.82. The number of aryl methyl sites for hydroxylation is 2. The highest BCUT2D eigenvalue weighted by Gasteiger charge is 2.14. The first-order valence-corrected chi connectivity index (χ1v) is 12.9. The number of hydrogen-bond donors (Lipinski definition) is 0. The molecule has 2 aromatic heterocycles. The number of rotatable bonds is 10. The molecule has 0 aliphatic carbocycles. The van der Waals surface area contributed by atoms with Crippen LogP contribution < -0.4 is 15.2 Å². The number of ether oxygens (including phenoxy) is 1. The highest BCUT2D eigenvalue weighted by molar-refractivity contribution is 5.66. The first-order chi connectivity index (χ1) is 16.4. The summed E-state index contributed by atoms with van der Waals surface area (Å²) in [6, 6.07) is 9.80. The van der Waals surface area contributed by atoms with E-state index in [2.05, 4.69) is 44.7 Å². The second-order valence-electron chi connectivity index (χ2n) is 8.72. The van der Waals surface area contributed by atoms with E-state index in [9.17, 15) is 4.79 Å². The summed E-state index contributed by atoms with van der Waals surface area (Å²) in [7, 11) is 1.68. The Bertz CT molecular complexity index is 1120. The van der Waals surface area contributed by atoms with E-state index in [1.54, 1.807) is 17.6 Å². The minimum absolute atomic E-state index is 0.0535. The van der Waals surface area contributed by atoms with Crippen molar-refractivity contribution in [2.75, 3.05) is 25.1 Å². The molecule has 186 valence electrons. The zero-order valence-electron chi connectivity index (χ0n) is 22.4. The Labute approximate surface area is 205 Å². The largest absolute Gasteiger partial charge is 0.496 e. The molecule has 0 aliphatic rings. The van der Waals surface area contributed by atoms with Crippen LogP contribution >= 0.6 is 0 Å². The van der Waals surface area contributed by atoms with Gasteiger partial charge in [0.1, 0.15) is 11.4 Å². The minimum atomic E-state index is -0.0535. The summed E-state index contributed by atoms with van der Waals surface area (Å²) >= 11 is 0. The van der Waals surface area contributed by atoms with Crippen molar-refractivity contribution in [3.05, 3.63) is 58.0 Å². The van der Waals surface area contributed by atoms with Crippen LogP contribution in [0.2, 0.25) is 0 Å². The number of pyridine rings is 1. The molecule has 0 spiro atoms. The third-order valence-electron chi connectivity index (χ3n) is 6.34. The van der Waals surface area contributed by atoms with Gasteiger partial charge in [0.15, 0.2) is 0 Å². The van der Waals surface area contributed by atoms with Crippen molar-refractivity contribution in [3.8, 4) is 17.0 Å². The van der Waals surface area contributed by atoms with Crippen LogP contribution in [0.5, 0.6) is 5.75 Å². The smallest absolute Gasteiger partial charge is 0.258 e. The Balaban J connectivity index is 0.00000199. The van der Waals surface area contributed by atoms with E-state index in [1.807, 2.05) is 39.1 Å². The lowest BCUT2D eigenvalue weighted by atomic mass is 10.0. The maximum absolute atomic E-state index is 13.1. The Morgan fingerprint density at radius 3 is 2.44 bits per heavy atom. The maximum atomic E-state index is 13.1. The molecule has 0 aliphatic heterocycles. The summed E-state index contributed by atoms with van der Waals surface area (Å²) in [4.78, 5) is 20.4. The lowest BCUT2D eigenvalue weighted by molar-refractivity contribution is 0.410. The molecule has 0 amide bonds. The minimum Gasteiger partial charge on any atom is -0.496 e. The van der Waals surface area contributed by atoms with E-state index in [0.29, 0.717) is 17.3 Å². The lowest BCUT2D eigenvalue weighted by Crippen LogP contribution is -2.28. The number of methoxy groups -OCH3 is 1. The van der Waals surface area contributed by atoms with E-state index in [1.165, 1.54) is 6.42 Å². The predicted molar refractivity (Wildman–Crippen MR) is 145 cm³/mol. The predicted octanol–water partition coefficient (Wildman–Crippen LogP) is 6.92. The molecule has 0 fully saturated rings. The van der Waals surface area contributed by atoms with Crippen molar-refractivity contribution in [2.45, 2.75) is 74.1 Å². The van der Waals surface area contributed by atoms with Crippen LogP contribution in [0.3, 0.4) is 0 Å². The molecule has 3 rings (SSSR count). The SMILES string of the molecule is CC.CCCN(CCC(C)CC)c1cc(C)c2nc(-c3ccc(OC)c(CC)c3)cc(=O)n2c1. The van der Waals surface area contributed by atoms with Crippen LogP contribution in [0.4, 0.5) is 5.69 Å². The van der Waals surface area contributed by atoms with Crippen LogP contribution in [-0.4, -0.2) is 29.6 Å². The van der Waals surface area contributed by atoms with Crippen LogP contribution in [0, 0.1) is 12.8 Å². The Morgan fingerprint density at radius 2 is 1.82 bits per heavy atom. The number of nitrogens with zero attached hydrogens (tertiary/aromatic N) is 3. The van der Waals surface area contributed by atoms with Gasteiger partial charge in [-0.15, -0.1) is 0 Å². The van der Waals surface area contributed by atoms with Gasteiger partial charge in [-0.3, -0.25) is 9.20 Å². The van der Waals surface area contributed by atoms with Crippen molar-refractivity contribution in [1.82, 2.24) is 9.38 Å². The van der Waals surface area contributed by atoms with Crippen LogP contribution in [0.25, 0.3) is 16.9 Å². The van der Waals surface area contributed by atoms with E-state index >= 15 is 0 Å². The van der Waals surface area contributed by atoms with Gasteiger partial charge in [0.05, 0.1) is 18.5 Å². The summed E-state index contributed by atoms with van der Waals surface area (Å²) < 4.78 is 7.15. The zero-order chi connectivity index (χ0) is 25.3. The number of anilines is 1. The first-order valence-electron chi connectivity index (χ1n) is 12.9. The molecule has 3 aromatic rings. The van der Waals surface area contributed by atoms with Gasteiger partial charge in [-0.2, -0.15) is 0 Å². The van der Waals surface area contributed by atoms with E-state index in [0.717, 1.165) is 60.5 Å². The average molecular weight is 466 g/mol. The number of benzene rings is 1. The van der Waals surface area contributed by atoms with Gasteiger partial charge < -0.3 is 9.64 Å². The fraction of sp³-hybridized carbons (Fsp3) is 0.517. The molecule has 0 saturated heterocycles. The Kier molecular flexibility index (Phi) is 10.6. The second-order valence-corrected chi connectivity index (χ2v) is 8.72. The van der Waals surface area contributed by atoms with Gasteiger partial charge in [-0.1, -0.05) is 48.0 Å². The van der Waals surface area contributed by atoms with Crippen LogP contribution in [0.1, 0.15) is 71.9 Å². The molecule has 34 heavy (non-hydrogen) atoms. The van der Waals surface area contributed by atoms with Crippen molar-refractivity contribution < 1.29 is 4.74 Å². The highest BCUT2D eigenvalue weighted by atomic mass is 16.5. The van der Waals surface area contributed by atoms with E-state index in [4.69, 9.17) is 9.72 Å². The topological polar surface area (TPSA) is 46.8 Å². The van der Waals surface area contributed by atoms with Gasteiger partial charge in [0.25, 0.3) is 5.56 Å². The zero-order valence-corrected chi connectivity index (χ0v) is 22.4. The van der Waals surface area contributed by atoms with Gasteiger partial charge in [-0.25, -0.2) is 4.98 Å². The highest BCUT2D eigenvalue weighted by Crippen LogP contribution is 2.27. The molecule has 1 atom stereocenters. The maximum Gasteiger partial charge on any atom is 0.258 e. The standard InChI is InChI=1S/C27H37N3O2.C2H6/c1-7-13-29(14-12-19(4)8-2)23-15-20(5)27-28-24(17-26(31)30(27)18-23)22-10-11-25(32-6)21(9-3)16-22;1-2/h10-11,15-19H,7-9,12-14H2,1-6H3;1-2H3. The van der Waals surface area contributed by atoms with E-state index < -0.39 is 0 Å². The van der Waals surface area contributed by atoms with E-state index in [-0.39, 0.29) is 5.56 Å². The first kappa shape index (κ1) is 27.4. The monoisotopic (exact) mass is 465 g/mol. The molecule has 0 N–H and O–H groups in total. The summed E-state index contributed by atoms with van der Waals surface area (Å²) in [6.45, 7) is 16.9. The summed E-state index contributed by atoms with van der Waals surface area (Å²) in [5.41, 5.74) is 5.50. The van der Waals surface area contributed by atoms with Gasteiger partial charge in [0.2, 0.25) is 0 Å². The Morgan fingerprint density at radius 1 is 1.09 bits per heavy atom. The number of aromatic nitrogens is 2. The van der Waals surface area contributed by atoms with Crippen LogP contribution in [0.15, 0.2) is 41.3 Å². The fourth-order valence-corrected chi connectivity index (χ4v) is 4.11. The van der Waals surface area contributed by atoms with Crippen molar-refractivity contribution >= 4 is 11.3 Å².